The van der Waals surface area contributed by atoms with Gasteiger partial charge in [-0.3, -0.25) is 4.90 Å². The minimum Gasteiger partial charge on any atom is -0.316 e. The van der Waals surface area contributed by atoms with E-state index < -0.39 is 0 Å². The fourth-order valence-electron chi connectivity index (χ4n) is 3.39. The Morgan fingerprint density at radius 1 is 1.38 bits per heavy atom. The molecule has 1 aliphatic heterocycles. The lowest BCUT2D eigenvalue weighted by Gasteiger charge is -2.24. The van der Waals surface area contributed by atoms with Crippen LogP contribution in [0.25, 0.3) is 5.65 Å². The molecule has 24 heavy (non-hydrogen) atoms. The monoisotopic (exact) mass is 341 g/mol. The number of aromatic nitrogens is 3. The third-order valence-electron chi connectivity index (χ3n) is 4.69. The molecule has 0 radical (unpaired) electrons. The third kappa shape index (κ3) is 3.50. The van der Waals surface area contributed by atoms with E-state index in [9.17, 15) is 0 Å². The molecular formula is C18H23N5S. The molecule has 4 rings (SSSR count). The Labute approximate surface area is 146 Å². The molecule has 5 nitrogen and oxygen atoms in total. The zero-order valence-electron chi connectivity index (χ0n) is 14.0. The summed E-state index contributed by atoms with van der Waals surface area (Å²) < 4.78 is 2.10. The Morgan fingerprint density at radius 2 is 2.33 bits per heavy atom. The predicted octanol–water partition coefficient (Wildman–Crippen LogP) is 2.71. The quantitative estimate of drug-likeness (QED) is 0.749. The van der Waals surface area contributed by atoms with E-state index in [1.165, 1.54) is 11.3 Å². The first-order chi connectivity index (χ1) is 11.8. The molecule has 3 aromatic rings. The highest BCUT2D eigenvalue weighted by Crippen LogP contribution is 2.20. The Morgan fingerprint density at radius 3 is 3.08 bits per heavy atom. The smallest absolute Gasteiger partial charge is 0.137 e. The van der Waals surface area contributed by atoms with Crippen LogP contribution in [0, 0.1) is 12.8 Å². The van der Waals surface area contributed by atoms with Crippen LogP contribution in [0.1, 0.15) is 22.7 Å². The van der Waals surface area contributed by atoms with Crippen molar-refractivity contribution in [1.82, 2.24) is 24.6 Å². The zero-order chi connectivity index (χ0) is 16.4. The molecular weight excluding hydrogens is 318 g/mol. The summed E-state index contributed by atoms with van der Waals surface area (Å²) in [5.74, 6) is 0.732. The van der Waals surface area contributed by atoms with Gasteiger partial charge < -0.3 is 9.72 Å². The molecule has 0 amide bonds. The average Bonchev–Trinajstić information content (AvgIpc) is 3.29. The van der Waals surface area contributed by atoms with E-state index in [4.69, 9.17) is 4.98 Å². The molecule has 0 aliphatic carbocycles. The summed E-state index contributed by atoms with van der Waals surface area (Å²) in [6, 6.07) is 6.14. The van der Waals surface area contributed by atoms with E-state index in [1.807, 2.05) is 17.6 Å². The van der Waals surface area contributed by atoms with Crippen molar-refractivity contribution in [1.29, 1.82) is 0 Å². The van der Waals surface area contributed by atoms with Gasteiger partial charge in [0.15, 0.2) is 0 Å². The van der Waals surface area contributed by atoms with Gasteiger partial charge in [-0.2, -0.15) is 0 Å². The Kier molecular flexibility index (Phi) is 4.60. The molecule has 0 unspecified atom stereocenters. The highest BCUT2D eigenvalue weighted by Gasteiger charge is 2.20. The highest BCUT2D eigenvalue weighted by molar-refractivity contribution is 7.09. The van der Waals surface area contributed by atoms with Gasteiger partial charge in [0.25, 0.3) is 0 Å². The molecule has 0 spiro atoms. The van der Waals surface area contributed by atoms with Crippen molar-refractivity contribution >= 4 is 17.0 Å². The van der Waals surface area contributed by atoms with E-state index >= 15 is 0 Å². The van der Waals surface area contributed by atoms with Gasteiger partial charge in [-0.25, -0.2) is 9.97 Å². The van der Waals surface area contributed by atoms with Gasteiger partial charge >= 0.3 is 0 Å². The Balaban J connectivity index is 1.52. The summed E-state index contributed by atoms with van der Waals surface area (Å²) in [5.41, 5.74) is 5.26. The maximum atomic E-state index is 4.77. The second-order valence-electron chi connectivity index (χ2n) is 6.59. The topological polar surface area (TPSA) is 45.5 Å². The lowest BCUT2D eigenvalue weighted by atomic mass is 10.1. The standard InChI is InChI=1S/C18H23N5S/c1-14-17(24-13-20-14)12-22(9-15-5-6-19-8-15)10-16-11-23-7-3-2-4-18(23)21-16/h2-4,7,11,13,15,19H,5-6,8-10,12H2,1H3/t15-/m0/s1. The van der Waals surface area contributed by atoms with Crippen LogP contribution < -0.4 is 5.32 Å². The van der Waals surface area contributed by atoms with Crippen molar-refractivity contribution in [2.75, 3.05) is 19.6 Å². The number of nitrogens with one attached hydrogen (secondary N) is 1. The number of hydrogen-bond donors (Lipinski definition) is 1. The van der Waals surface area contributed by atoms with Gasteiger partial charge in [-0.1, -0.05) is 6.07 Å². The third-order valence-corrected chi connectivity index (χ3v) is 5.61. The maximum Gasteiger partial charge on any atom is 0.137 e. The molecule has 3 aromatic heterocycles. The van der Waals surface area contributed by atoms with Gasteiger partial charge in [-0.05, 0) is 44.5 Å². The lowest BCUT2D eigenvalue weighted by Crippen LogP contribution is -2.30. The fourth-order valence-corrected chi connectivity index (χ4v) is 4.21. The fraction of sp³-hybridized carbons (Fsp3) is 0.444. The van der Waals surface area contributed by atoms with E-state index in [-0.39, 0.29) is 0 Å². The molecule has 0 aromatic carbocycles. The van der Waals surface area contributed by atoms with Crippen LogP contribution in [0.2, 0.25) is 0 Å². The molecule has 0 bridgehead atoms. The number of pyridine rings is 1. The summed E-state index contributed by atoms with van der Waals surface area (Å²) in [7, 11) is 0. The van der Waals surface area contributed by atoms with Gasteiger partial charge in [0.05, 0.1) is 16.9 Å². The van der Waals surface area contributed by atoms with Crippen LogP contribution in [-0.4, -0.2) is 38.9 Å². The summed E-state index contributed by atoms with van der Waals surface area (Å²) in [6.07, 6.45) is 5.47. The minimum absolute atomic E-state index is 0.732. The van der Waals surface area contributed by atoms with Crippen molar-refractivity contribution in [2.24, 2.45) is 5.92 Å². The van der Waals surface area contributed by atoms with Gasteiger partial charge in [0.2, 0.25) is 0 Å². The molecule has 1 N–H and O–H groups in total. The first-order valence-corrected chi connectivity index (χ1v) is 9.40. The number of aryl methyl sites for hydroxylation is 1. The molecule has 1 fully saturated rings. The van der Waals surface area contributed by atoms with Crippen LogP contribution in [0.5, 0.6) is 0 Å². The number of rotatable bonds is 6. The predicted molar refractivity (Wildman–Crippen MR) is 97.1 cm³/mol. The second-order valence-corrected chi connectivity index (χ2v) is 7.53. The summed E-state index contributed by atoms with van der Waals surface area (Å²) in [5, 5.41) is 3.48. The Hall–Kier alpha value is -1.76. The van der Waals surface area contributed by atoms with Crippen molar-refractivity contribution in [3.63, 3.8) is 0 Å². The molecule has 0 saturated carbocycles. The molecule has 1 atom stereocenters. The zero-order valence-corrected chi connectivity index (χ0v) is 14.8. The maximum absolute atomic E-state index is 4.77. The number of fused-ring (bicyclic) bond motifs is 1. The van der Waals surface area contributed by atoms with Gasteiger partial charge in [0, 0.05) is 36.9 Å². The van der Waals surface area contributed by atoms with Crippen molar-refractivity contribution in [2.45, 2.75) is 26.4 Å². The molecule has 1 saturated heterocycles. The van der Waals surface area contributed by atoms with Crippen LogP contribution in [0.4, 0.5) is 0 Å². The number of nitrogens with zero attached hydrogens (tertiary/aromatic N) is 4. The van der Waals surface area contributed by atoms with Crippen molar-refractivity contribution in [3.8, 4) is 0 Å². The lowest BCUT2D eigenvalue weighted by molar-refractivity contribution is 0.220. The number of hydrogen-bond acceptors (Lipinski definition) is 5. The minimum atomic E-state index is 0.732. The van der Waals surface area contributed by atoms with Crippen LogP contribution in [-0.2, 0) is 13.1 Å². The largest absolute Gasteiger partial charge is 0.316 e. The van der Waals surface area contributed by atoms with E-state index in [0.29, 0.717) is 0 Å². The summed E-state index contributed by atoms with van der Waals surface area (Å²) >= 11 is 1.76. The average molecular weight is 341 g/mol. The molecule has 4 heterocycles. The first-order valence-electron chi connectivity index (χ1n) is 8.52. The van der Waals surface area contributed by atoms with Gasteiger partial charge in [0.1, 0.15) is 5.65 Å². The SMILES string of the molecule is Cc1ncsc1CN(Cc1cn2ccccc2n1)C[C@H]1CCNC1. The molecule has 126 valence electrons. The number of thiazole rings is 1. The molecule has 6 heteroatoms. The van der Waals surface area contributed by atoms with Crippen LogP contribution in [0.3, 0.4) is 0 Å². The van der Waals surface area contributed by atoms with Crippen molar-refractivity contribution in [3.05, 3.63) is 52.4 Å². The van der Waals surface area contributed by atoms with Crippen LogP contribution >= 0.6 is 11.3 Å². The van der Waals surface area contributed by atoms with Gasteiger partial charge in [-0.15, -0.1) is 11.3 Å². The highest BCUT2D eigenvalue weighted by atomic mass is 32.1. The van der Waals surface area contributed by atoms with E-state index in [1.54, 1.807) is 11.3 Å². The first kappa shape index (κ1) is 15.7. The van der Waals surface area contributed by atoms with E-state index in [0.717, 1.165) is 55.7 Å². The van der Waals surface area contributed by atoms with Crippen molar-refractivity contribution < 1.29 is 0 Å². The van der Waals surface area contributed by atoms with E-state index in [2.05, 4.69) is 45.0 Å². The molecule has 1 aliphatic rings. The second kappa shape index (κ2) is 7.01. The summed E-state index contributed by atoms with van der Waals surface area (Å²) in [6.45, 7) is 7.33. The van der Waals surface area contributed by atoms with Crippen LogP contribution in [0.15, 0.2) is 36.1 Å². The summed E-state index contributed by atoms with van der Waals surface area (Å²) in [4.78, 5) is 13.1. The Bertz CT molecular complexity index is 769. The number of imidazole rings is 1. The normalized spacial score (nSPS) is 18.0.